The maximum Gasteiger partial charge on any atom is 0.141 e. The molecule has 15 heavy (non-hydrogen) atoms. The van der Waals surface area contributed by atoms with Gasteiger partial charge in [0.05, 0.1) is 12.1 Å². The summed E-state index contributed by atoms with van der Waals surface area (Å²) in [5.74, 6) is 0.724. The van der Waals surface area contributed by atoms with Crippen LogP contribution in [0, 0.1) is 5.82 Å². The predicted molar refractivity (Wildman–Crippen MR) is 61.9 cm³/mol. The second-order valence-electron chi connectivity index (χ2n) is 3.65. The smallest absolute Gasteiger partial charge is 0.141 e. The Morgan fingerprint density at radius 1 is 1.53 bits per heavy atom. The first kappa shape index (κ1) is 12.2. The van der Waals surface area contributed by atoms with E-state index in [1.165, 1.54) is 12.3 Å². The van der Waals surface area contributed by atoms with Crippen molar-refractivity contribution in [3.05, 3.63) is 23.6 Å². The number of alkyl halides is 1. The molecule has 0 fully saturated rings. The first-order chi connectivity index (χ1) is 7.10. The fraction of sp³-hybridized carbons (Fsp3) is 0.545. The van der Waals surface area contributed by atoms with E-state index in [1.54, 1.807) is 0 Å². The van der Waals surface area contributed by atoms with Gasteiger partial charge in [-0.15, -0.1) is 11.6 Å². The van der Waals surface area contributed by atoms with Crippen molar-refractivity contribution in [3.8, 4) is 0 Å². The van der Waals surface area contributed by atoms with E-state index in [0.29, 0.717) is 6.04 Å². The van der Waals surface area contributed by atoms with Crippen LogP contribution in [0.3, 0.4) is 0 Å². The minimum atomic E-state index is -0.339. The summed E-state index contributed by atoms with van der Waals surface area (Å²) in [5.41, 5.74) is 0.743. The summed E-state index contributed by atoms with van der Waals surface area (Å²) < 4.78 is 13.0. The number of nitrogens with zero attached hydrogens (tertiary/aromatic N) is 2. The summed E-state index contributed by atoms with van der Waals surface area (Å²) in [6.45, 7) is 7.03. The highest BCUT2D eigenvalue weighted by Crippen LogP contribution is 2.21. The Morgan fingerprint density at radius 3 is 2.67 bits per heavy atom. The first-order valence-corrected chi connectivity index (χ1v) is 5.60. The molecule has 0 unspecified atom stereocenters. The molecule has 0 bridgehead atoms. The SMILES string of the molecule is CCN(c1ncc(F)cc1CCl)C(C)C. The molecule has 0 spiro atoms. The third-order valence-corrected chi connectivity index (χ3v) is 2.58. The molecule has 0 aliphatic rings. The van der Waals surface area contributed by atoms with E-state index in [-0.39, 0.29) is 11.7 Å². The third kappa shape index (κ3) is 2.81. The number of rotatable bonds is 4. The van der Waals surface area contributed by atoms with E-state index in [4.69, 9.17) is 11.6 Å². The lowest BCUT2D eigenvalue weighted by atomic mass is 10.2. The van der Waals surface area contributed by atoms with Crippen molar-refractivity contribution in [2.24, 2.45) is 0 Å². The van der Waals surface area contributed by atoms with E-state index in [1.807, 2.05) is 6.92 Å². The number of halogens is 2. The molecule has 84 valence electrons. The van der Waals surface area contributed by atoms with Gasteiger partial charge < -0.3 is 4.90 Å². The summed E-state index contributed by atoms with van der Waals surface area (Å²) in [4.78, 5) is 6.20. The van der Waals surface area contributed by atoms with Crippen LogP contribution >= 0.6 is 11.6 Å². The Hall–Kier alpha value is -0.830. The van der Waals surface area contributed by atoms with Gasteiger partial charge in [-0.3, -0.25) is 0 Å². The van der Waals surface area contributed by atoms with Crippen molar-refractivity contribution >= 4 is 17.4 Å². The zero-order valence-corrected chi connectivity index (χ0v) is 10.1. The fourth-order valence-electron chi connectivity index (χ4n) is 1.59. The predicted octanol–water partition coefficient (Wildman–Crippen LogP) is 3.19. The van der Waals surface area contributed by atoms with Crippen LogP contribution in [0.4, 0.5) is 10.2 Å². The zero-order valence-electron chi connectivity index (χ0n) is 9.30. The zero-order chi connectivity index (χ0) is 11.4. The van der Waals surface area contributed by atoms with Gasteiger partial charge in [0.15, 0.2) is 0 Å². The molecular weight excluding hydrogens is 215 g/mol. The van der Waals surface area contributed by atoms with Crippen LogP contribution in [0.15, 0.2) is 12.3 Å². The number of pyridine rings is 1. The van der Waals surface area contributed by atoms with Crippen LogP contribution in [0.5, 0.6) is 0 Å². The molecule has 0 saturated heterocycles. The molecule has 0 atom stereocenters. The van der Waals surface area contributed by atoms with Gasteiger partial charge in [-0.25, -0.2) is 9.37 Å². The van der Waals surface area contributed by atoms with Gasteiger partial charge in [0.2, 0.25) is 0 Å². The van der Waals surface area contributed by atoms with Crippen LogP contribution in [0.1, 0.15) is 26.3 Å². The quantitative estimate of drug-likeness (QED) is 0.739. The maximum absolute atomic E-state index is 13.0. The summed E-state index contributed by atoms with van der Waals surface area (Å²) in [6.07, 6.45) is 1.23. The fourth-order valence-corrected chi connectivity index (χ4v) is 1.79. The highest BCUT2D eigenvalue weighted by molar-refractivity contribution is 6.17. The number of hydrogen-bond acceptors (Lipinski definition) is 2. The normalized spacial score (nSPS) is 10.8. The van der Waals surface area contributed by atoms with Crippen molar-refractivity contribution < 1.29 is 4.39 Å². The Morgan fingerprint density at radius 2 is 2.20 bits per heavy atom. The number of aromatic nitrogens is 1. The molecule has 0 aliphatic carbocycles. The lowest BCUT2D eigenvalue weighted by molar-refractivity contribution is 0.615. The minimum absolute atomic E-state index is 0.281. The molecule has 0 N–H and O–H groups in total. The van der Waals surface area contributed by atoms with Gasteiger partial charge in [-0.1, -0.05) is 0 Å². The van der Waals surface area contributed by atoms with Crippen LogP contribution in [0.25, 0.3) is 0 Å². The summed E-state index contributed by atoms with van der Waals surface area (Å²) >= 11 is 5.78. The molecule has 0 saturated carbocycles. The van der Waals surface area contributed by atoms with Crippen LogP contribution in [-0.2, 0) is 5.88 Å². The molecular formula is C11H16ClFN2. The lowest BCUT2D eigenvalue weighted by Crippen LogP contribution is -2.32. The van der Waals surface area contributed by atoms with Gasteiger partial charge in [0.1, 0.15) is 11.6 Å². The Labute approximate surface area is 95.1 Å². The van der Waals surface area contributed by atoms with Crippen LogP contribution < -0.4 is 4.90 Å². The monoisotopic (exact) mass is 230 g/mol. The van der Waals surface area contributed by atoms with Gasteiger partial charge in [0, 0.05) is 18.2 Å². The van der Waals surface area contributed by atoms with E-state index in [0.717, 1.165) is 17.9 Å². The Balaban J connectivity index is 3.11. The molecule has 2 nitrogen and oxygen atoms in total. The summed E-state index contributed by atoms with van der Waals surface area (Å²) in [7, 11) is 0. The molecule has 0 radical (unpaired) electrons. The average Bonchev–Trinajstić information content (AvgIpc) is 2.20. The van der Waals surface area contributed by atoms with Crippen molar-refractivity contribution in [2.75, 3.05) is 11.4 Å². The standard InChI is InChI=1S/C11H16ClFN2/c1-4-15(8(2)3)11-9(6-12)5-10(13)7-14-11/h5,7-8H,4,6H2,1-3H3. The molecule has 1 aromatic rings. The van der Waals surface area contributed by atoms with Gasteiger partial charge in [-0.2, -0.15) is 0 Å². The van der Waals surface area contributed by atoms with Crippen molar-refractivity contribution in [1.29, 1.82) is 0 Å². The molecule has 1 heterocycles. The van der Waals surface area contributed by atoms with Crippen molar-refractivity contribution in [3.63, 3.8) is 0 Å². The Kier molecular flexibility index (Phi) is 4.33. The lowest BCUT2D eigenvalue weighted by Gasteiger charge is -2.27. The maximum atomic E-state index is 13.0. The minimum Gasteiger partial charge on any atom is -0.354 e. The van der Waals surface area contributed by atoms with Gasteiger partial charge in [0.25, 0.3) is 0 Å². The molecule has 0 aromatic carbocycles. The van der Waals surface area contributed by atoms with E-state index >= 15 is 0 Å². The second kappa shape index (κ2) is 5.31. The van der Waals surface area contributed by atoms with Crippen molar-refractivity contribution in [2.45, 2.75) is 32.7 Å². The van der Waals surface area contributed by atoms with E-state index in [9.17, 15) is 4.39 Å². The Bertz CT molecular complexity index is 328. The topological polar surface area (TPSA) is 16.1 Å². The number of anilines is 1. The van der Waals surface area contributed by atoms with Gasteiger partial charge >= 0.3 is 0 Å². The average molecular weight is 231 g/mol. The largest absolute Gasteiger partial charge is 0.354 e. The van der Waals surface area contributed by atoms with Crippen LogP contribution in [0.2, 0.25) is 0 Å². The molecule has 1 rings (SSSR count). The molecule has 0 aliphatic heterocycles. The third-order valence-electron chi connectivity index (χ3n) is 2.29. The number of hydrogen-bond donors (Lipinski definition) is 0. The van der Waals surface area contributed by atoms with Gasteiger partial charge in [-0.05, 0) is 26.8 Å². The molecule has 1 aromatic heterocycles. The van der Waals surface area contributed by atoms with Crippen LogP contribution in [-0.4, -0.2) is 17.6 Å². The first-order valence-electron chi connectivity index (χ1n) is 5.07. The molecule has 0 amide bonds. The summed E-state index contributed by atoms with van der Waals surface area (Å²) in [5, 5.41) is 0. The van der Waals surface area contributed by atoms with E-state index < -0.39 is 0 Å². The molecule has 4 heteroatoms. The van der Waals surface area contributed by atoms with Crippen molar-refractivity contribution in [1.82, 2.24) is 4.98 Å². The highest BCUT2D eigenvalue weighted by Gasteiger charge is 2.14. The highest BCUT2D eigenvalue weighted by atomic mass is 35.5. The van der Waals surface area contributed by atoms with E-state index in [2.05, 4.69) is 23.7 Å². The second-order valence-corrected chi connectivity index (χ2v) is 3.92. The summed E-state index contributed by atoms with van der Waals surface area (Å²) in [6, 6.07) is 1.77.